The highest BCUT2D eigenvalue weighted by Crippen LogP contribution is 2.50. The standard InChI is InChI=1S/C28H23ClF3NO4/c1-17(27(36,28(30,31)32)21-13-20-7-2-3-8-25(20)33-15-21)23-10-9-22(14-24(23)29)37-16-19-6-4-5-18(11-19)12-26(34)35/h2-11,13-15,17,36H,12,16H2,1H3,(H,34,35)/t17-,27-/m0/s1. The molecular formula is C28H23ClF3NO4. The molecule has 5 nitrogen and oxygen atoms in total. The van der Waals surface area contributed by atoms with Crippen LogP contribution >= 0.6 is 11.6 Å². The van der Waals surface area contributed by atoms with E-state index in [0.717, 1.165) is 11.8 Å². The molecule has 0 unspecified atom stereocenters. The molecule has 0 fully saturated rings. The third-order valence-electron chi connectivity index (χ3n) is 6.28. The van der Waals surface area contributed by atoms with Crippen LogP contribution in [-0.4, -0.2) is 27.3 Å². The van der Waals surface area contributed by atoms with E-state index in [2.05, 4.69) is 4.98 Å². The van der Waals surface area contributed by atoms with Gasteiger partial charge in [-0.3, -0.25) is 9.78 Å². The van der Waals surface area contributed by atoms with Gasteiger partial charge in [-0.1, -0.05) is 67.1 Å². The zero-order valence-electron chi connectivity index (χ0n) is 19.7. The van der Waals surface area contributed by atoms with E-state index in [0.29, 0.717) is 22.2 Å². The molecule has 1 aromatic heterocycles. The van der Waals surface area contributed by atoms with Crippen molar-refractivity contribution in [3.05, 3.63) is 106 Å². The average molecular weight is 530 g/mol. The number of aromatic nitrogens is 1. The van der Waals surface area contributed by atoms with Crippen LogP contribution in [0.25, 0.3) is 10.9 Å². The predicted octanol–water partition coefficient (Wildman–Crippen LogP) is 6.65. The monoisotopic (exact) mass is 529 g/mol. The van der Waals surface area contributed by atoms with Crippen LogP contribution < -0.4 is 4.74 Å². The summed E-state index contributed by atoms with van der Waals surface area (Å²) >= 11 is 6.39. The lowest BCUT2D eigenvalue weighted by Crippen LogP contribution is -2.46. The lowest BCUT2D eigenvalue weighted by molar-refractivity contribution is -0.274. The third-order valence-corrected chi connectivity index (χ3v) is 6.61. The van der Waals surface area contributed by atoms with E-state index in [1.54, 1.807) is 48.5 Å². The molecule has 1 heterocycles. The maximum atomic E-state index is 14.4. The number of nitrogens with zero attached hydrogens (tertiary/aromatic N) is 1. The Morgan fingerprint density at radius 3 is 2.46 bits per heavy atom. The van der Waals surface area contributed by atoms with Crippen molar-refractivity contribution in [1.82, 2.24) is 4.98 Å². The number of fused-ring (bicyclic) bond motifs is 1. The summed E-state index contributed by atoms with van der Waals surface area (Å²) in [6.45, 7) is 1.37. The molecule has 9 heteroatoms. The van der Waals surface area contributed by atoms with E-state index in [9.17, 15) is 23.1 Å². The summed E-state index contributed by atoms with van der Waals surface area (Å²) in [6.07, 6.45) is -4.10. The number of carboxylic acid groups (broad SMARTS) is 1. The molecule has 2 atom stereocenters. The second-order valence-corrected chi connectivity index (χ2v) is 9.17. The highest BCUT2D eigenvalue weighted by molar-refractivity contribution is 6.31. The molecule has 0 radical (unpaired) electrons. The van der Waals surface area contributed by atoms with Crippen LogP contribution in [0.1, 0.15) is 35.1 Å². The van der Waals surface area contributed by atoms with Crippen molar-refractivity contribution in [2.75, 3.05) is 0 Å². The van der Waals surface area contributed by atoms with E-state index in [-0.39, 0.29) is 29.2 Å². The fourth-order valence-corrected chi connectivity index (χ4v) is 4.62. The normalized spacial score (nSPS) is 14.2. The maximum absolute atomic E-state index is 14.4. The van der Waals surface area contributed by atoms with Gasteiger partial charge in [0.1, 0.15) is 12.4 Å². The van der Waals surface area contributed by atoms with Gasteiger partial charge in [-0.2, -0.15) is 13.2 Å². The fraction of sp³-hybridized carbons (Fsp3) is 0.214. The second-order valence-electron chi connectivity index (χ2n) is 8.76. The number of para-hydroxylation sites is 1. The molecule has 0 amide bonds. The maximum Gasteiger partial charge on any atom is 0.422 e. The Bertz CT molecular complexity index is 1440. The lowest BCUT2D eigenvalue weighted by atomic mass is 9.78. The predicted molar refractivity (Wildman–Crippen MR) is 134 cm³/mol. The van der Waals surface area contributed by atoms with Crippen LogP contribution in [0.3, 0.4) is 0 Å². The van der Waals surface area contributed by atoms with Crippen molar-refractivity contribution in [1.29, 1.82) is 0 Å². The number of hydrogen-bond acceptors (Lipinski definition) is 4. The molecule has 4 aromatic rings. The minimum absolute atomic E-state index is 0.000973. The number of aliphatic carboxylic acids is 1. The number of halogens is 4. The van der Waals surface area contributed by atoms with Gasteiger partial charge in [0.25, 0.3) is 0 Å². The Morgan fingerprint density at radius 1 is 1.03 bits per heavy atom. The van der Waals surface area contributed by atoms with Crippen LogP contribution in [-0.2, 0) is 23.4 Å². The Labute approximate surface area is 216 Å². The fourth-order valence-electron chi connectivity index (χ4n) is 4.28. The Hall–Kier alpha value is -3.62. The quantitative estimate of drug-likeness (QED) is 0.267. The number of hydrogen-bond donors (Lipinski definition) is 2. The molecule has 0 bridgehead atoms. The molecular weight excluding hydrogens is 507 g/mol. The first kappa shape index (κ1) is 26.4. The number of ether oxygens (including phenoxy) is 1. The minimum Gasteiger partial charge on any atom is -0.489 e. The van der Waals surface area contributed by atoms with Gasteiger partial charge in [-0.05, 0) is 41.0 Å². The molecule has 0 aliphatic heterocycles. The highest BCUT2D eigenvalue weighted by Gasteiger charge is 2.59. The summed E-state index contributed by atoms with van der Waals surface area (Å²) in [4.78, 5) is 15.0. The summed E-state index contributed by atoms with van der Waals surface area (Å²) in [5.41, 5.74) is -1.69. The Kier molecular flexibility index (Phi) is 7.43. The Balaban J connectivity index is 1.60. The van der Waals surface area contributed by atoms with Crippen molar-refractivity contribution in [2.45, 2.75) is 37.6 Å². The lowest BCUT2D eigenvalue weighted by Gasteiger charge is -2.37. The van der Waals surface area contributed by atoms with Gasteiger partial charge in [0.05, 0.1) is 11.9 Å². The van der Waals surface area contributed by atoms with E-state index in [1.807, 2.05) is 0 Å². The van der Waals surface area contributed by atoms with Crippen LogP contribution in [0.4, 0.5) is 13.2 Å². The van der Waals surface area contributed by atoms with Crippen LogP contribution in [0.5, 0.6) is 5.75 Å². The van der Waals surface area contributed by atoms with E-state index in [1.165, 1.54) is 31.2 Å². The first-order valence-electron chi connectivity index (χ1n) is 11.4. The van der Waals surface area contributed by atoms with Crippen molar-refractivity contribution in [3.8, 4) is 5.75 Å². The first-order valence-corrected chi connectivity index (χ1v) is 11.7. The van der Waals surface area contributed by atoms with Crippen molar-refractivity contribution >= 4 is 28.5 Å². The van der Waals surface area contributed by atoms with Crippen molar-refractivity contribution < 1.29 is 32.9 Å². The van der Waals surface area contributed by atoms with E-state index < -0.39 is 23.7 Å². The summed E-state index contributed by atoms with van der Waals surface area (Å²) in [5.74, 6) is -2.11. The number of rotatable bonds is 8. The third kappa shape index (κ3) is 5.55. The van der Waals surface area contributed by atoms with Gasteiger partial charge in [0, 0.05) is 28.1 Å². The number of pyridine rings is 1. The van der Waals surface area contributed by atoms with Gasteiger partial charge < -0.3 is 14.9 Å². The minimum atomic E-state index is -5.02. The number of alkyl halides is 3. The van der Waals surface area contributed by atoms with Gasteiger partial charge in [0.15, 0.2) is 5.60 Å². The number of benzene rings is 3. The SMILES string of the molecule is C[C@@H](c1ccc(OCc2cccc(CC(=O)O)c2)cc1Cl)[C@](O)(c1cnc2ccccc2c1)C(F)(F)F. The zero-order chi connectivity index (χ0) is 26.8. The molecule has 0 saturated carbocycles. The summed E-state index contributed by atoms with van der Waals surface area (Å²) in [6, 6.07) is 19.1. The molecule has 0 aliphatic carbocycles. The van der Waals surface area contributed by atoms with Gasteiger partial charge in [-0.15, -0.1) is 0 Å². The summed E-state index contributed by atoms with van der Waals surface area (Å²) in [7, 11) is 0. The summed E-state index contributed by atoms with van der Waals surface area (Å²) < 4.78 is 48.9. The molecule has 0 saturated heterocycles. The topological polar surface area (TPSA) is 79.7 Å². The molecule has 3 aromatic carbocycles. The molecule has 2 N–H and O–H groups in total. The van der Waals surface area contributed by atoms with Crippen molar-refractivity contribution in [2.24, 2.45) is 0 Å². The highest BCUT2D eigenvalue weighted by atomic mass is 35.5. The van der Waals surface area contributed by atoms with Gasteiger partial charge in [0.2, 0.25) is 0 Å². The second kappa shape index (κ2) is 10.4. The van der Waals surface area contributed by atoms with Crippen LogP contribution in [0.2, 0.25) is 5.02 Å². The molecule has 192 valence electrons. The van der Waals surface area contributed by atoms with Crippen molar-refractivity contribution in [3.63, 3.8) is 0 Å². The molecule has 0 spiro atoms. The average Bonchev–Trinajstić information content (AvgIpc) is 2.85. The number of carboxylic acids is 1. The van der Waals surface area contributed by atoms with Crippen LogP contribution in [0, 0.1) is 0 Å². The van der Waals surface area contributed by atoms with E-state index in [4.69, 9.17) is 21.4 Å². The largest absolute Gasteiger partial charge is 0.489 e. The van der Waals surface area contributed by atoms with Gasteiger partial charge >= 0.3 is 12.1 Å². The molecule has 4 rings (SSSR count). The smallest absolute Gasteiger partial charge is 0.422 e. The summed E-state index contributed by atoms with van der Waals surface area (Å²) in [5, 5.41) is 20.6. The number of carbonyl (C=O) groups is 1. The van der Waals surface area contributed by atoms with E-state index >= 15 is 0 Å². The number of aliphatic hydroxyl groups is 1. The van der Waals surface area contributed by atoms with Gasteiger partial charge in [-0.25, -0.2) is 0 Å². The van der Waals surface area contributed by atoms with Crippen LogP contribution in [0.15, 0.2) is 79.0 Å². The zero-order valence-corrected chi connectivity index (χ0v) is 20.4. The Morgan fingerprint density at radius 2 is 1.76 bits per heavy atom. The molecule has 0 aliphatic rings. The first-order chi connectivity index (χ1) is 17.5. The molecule has 37 heavy (non-hydrogen) atoms.